The van der Waals surface area contributed by atoms with Crippen LogP contribution in [-0.2, 0) is 16.6 Å². The van der Waals surface area contributed by atoms with Crippen molar-refractivity contribution < 1.29 is 8.42 Å². The Kier molecular flexibility index (Phi) is 3.09. The Hall–Kier alpha value is -1.52. The van der Waals surface area contributed by atoms with Crippen molar-refractivity contribution in [2.24, 2.45) is 5.73 Å². The van der Waals surface area contributed by atoms with E-state index in [2.05, 4.69) is 25.1 Å². The van der Waals surface area contributed by atoms with Gasteiger partial charge in [-0.15, -0.1) is 10.2 Å². The van der Waals surface area contributed by atoms with Gasteiger partial charge < -0.3 is 5.73 Å². The van der Waals surface area contributed by atoms with Crippen molar-refractivity contribution in [1.29, 1.82) is 0 Å². The molecule has 0 spiro atoms. The van der Waals surface area contributed by atoms with E-state index < -0.39 is 10.0 Å². The zero-order chi connectivity index (χ0) is 12.5. The van der Waals surface area contributed by atoms with Gasteiger partial charge in [0.25, 0.3) is 10.0 Å². The molecule has 0 radical (unpaired) electrons. The molecule has 10 heteroatoms. The van der Waals surface area contributed by atoms with Gasteiger partial charge in [0.1, 0.15) is 5.01 Å². The lowest BCUT2D eigenvalue weighted by Crippen LogP contribution is -2.16. The van der Waals surface area contributed by atoms with Gasteiger partial charge in [0.2, 0.25) is 5.13 Å². The van der Waals surface area contributed by atoms with Crippen LogP contribution < -0.4 is 10.5 Å². The van der Waals surface area contributed by atoms with Gasteiger partial charge in [-0.1, -0.05) is 11.3 Å². The maximum absolute atomic E-state index is 12.0. The monoisotopic (exact) mass is 274 g/mol. The first kappa shape index (κ1) is 12.0. The van der Waals surface area contributed by atoms with Gasteiger partial charge in [0, 0.05) is 12.1 Å². The van der Waals surface area contributed by atoms with Gasteiger partial charge in [0.15, 0.2) is 5.03 Å². The third-order valence-electron chi connectivity index (χ3n) is 1.91. The molecule has 0 saturated carbocycles. The summed E-state index contributed by atoms with van der Waals surface area (Å²) in [6, 6.07) is 0. The SMILES string of the molecule is Cc1nnc(NS(=O)(=O)c2[nH]ncc2CN)s1. The Morgan fingerprint density at radius 2 is 2.29 bits per heavy atom. The van der Waals surface area contributed by atoms with E-state index in [0.717, 1.165) is 11.3 Å². The maximum atomic E-state index is 12.0. The fourth-order valence-electron chi connectivity index (χ4n) is 1.18. The number of hydrogen-bond acceptors (Lipinski definition) is 7. The molecule has 0 amide bonds. The quantitative estimate of drug-likeness (QED) is 0.710. The minimum absolute atomic E-state index is 0.0483. The van der Waals surface area contributed by atoms with Crippen LogP contribution >= 0.6 is 11.3 Å². The van der Waals surface area contributed by atoms with E-state index in [4.69, 9.17) is 5.73 Å². The van der Waals surface area contributed by atoms with Gasteiger partial charge in [-0.3, -0.25) is 9.82 Å². The first-order valence-electron chi connectivity index (χ1n) is 4.58. The molecule has 2 rings (SSSR count). The van der Waals surface area contributed by atoms with Crippen molar-refractivity contribution in [3.05, 3.63) is 16.8 Å². The van der Waals surface area contributed by atoms with Crippen molar-refractivity contribution in [2.45, 2.75) is 18.5 Å². The Labute approximate surface area is 101 Å². The molecule has 92 valence electrons. The highest BCUT2D eigenvalue weighted by molar-refractivity contribution is 7.92. The summed E-state index contributed by atoms with van der Waals surface area (Å²) in [5.41, 5.74) is 5.83. The molecule has 0 aliphatic heterocycles. The molecule has 2 heterocycles. The topological polar surface area (TPSA) is 127 Å². The molecule has 17 heavy (non-hydrogen) atoms. The first-order valence-corrected chi connectivity index (χ1v) is 6.88. The van der Waals surface area contributed by atoms with Gasteiger partial charge in [0.05, 0.1) is 6.20 Å². The summed E-state index contributed by atoms with van der Waals surface area (Å²) in [4.78, 5) is 0. The molecule has 0 unspecified atom stereocenters. The largest absolute Gasteiger partial charge is 0.326 e. The zero-order valence-corrected chi connectivity index (χ0v) is 10.5. The van der Waals surface area contributed by atoms with E-state index in [0.29, 0.717) is 10.6 Å². The second-order valence-electron chi connectivity index (χ2n) is 3.16. The lowest BCUT2D eigenvalue weighted by molar-refractivity contribution is 0.595. The molecule has 2 aromatic rings. The molecule has 0 aliphatic rings. The van der Waals surface area contributed by atoms with E-state index in [1.807, 2.05) is 0 Å². The average molecular weight is 274 g/mol. The standard InChI is InChI=1S/C7H10N6O2S2/c1-4-10-12-7(16-4)13-17(14,15)6-5(2-8)3-9-11-6/h3H,2,8H2,1H3,(H,9,11)(H,12,13). The van der Waals surface area contributed by atoms with Crippen LogP contribution in [0.4, 0.5) is 5.13 Å². The van der Waals surface area contributed by atoms with Crippen LogP contribution in [0.15, 0.2) is 11.2 Å². The van der Waals surface area contributed by atoms with Crippen molar-refractivity contribution in [2.75, 3.05) is 4.72 Å². The molecule has 2 aromatic heterocycles. The molecular formula is C7H10N6O2S2. The molecule has 0 aliphatic carbocycles. The summed E-state index contributed by atoms with van der Waals surface area (Å²) in [5.74, 6) is 0. The highest BCUT2D eigenvalue weighted by Gasteiger charge is 2.21. The highest BCUT2D eigenvalue weighted by Crippen LogP contribution is 2.19. The van der Waals surface area contributed by atoms with E-state index >= 15 is 0 Å². The molecular weight excluding hydrogens is 264 g/mol. The number of hydrogen-bond donors (Lipinski definition) is 3. The Balaban J connectivity index is 2.31. The van der Waals surface area contributed by atoms with E-state index in [9.17, 15) is 8.42 Å². The number of rotatable bonds is 4. The van der Waals surface area contributed by atoms with E-state index in [1.165, 1.54) is 6.20 Å². The van der Waals surface area contributed by atoms with Crippen LogP contribution in [-0.4, -0.2) is 28.8 Å². The normalized spacial score (nSPS) is 11.6. The molecule has 0 atom stereocenters. The number of sulfonamides is 1. The minimum atomic E-state index is -3.74. The number of nitrogens with two attached hydrogens (primary N) is 1. The lowest BCUT2D eigenvalue weighted by atomic mass is 10.4. The Morgan fingerprint density at radius 1 is 1.53 bits per heavy atom. The van der Waals surface area contributed by atoms with Crippen molar-refractivity contribution in [1.82, 2.24) is 20.4 Å². The number of nitrogens with zero attached hydrogens (tertiary/aromatic N) is 3. The third kappa shape index (κ3) is 2.43. The average Bonchev–Trinajstić information content (AvgIpc) is 2.86. The van der Waals surface area contributed by atoms with E-state index in [-0.39, 0.29) is 16.7 Å². The molecule has 8 nitrogen and oxygen atoms in total. The van der Waals surface area contributed by atoms with Crippen molar-refractivity contribution in [3.63, 3.8) is 0 Å². The van der Waals surface area contributed by atoms with Gasteiger partial charge in [-0.05, 0) is 6.92 Å². The number of aromatic nitrogens is 4. The van der Waals surface area contributed by atoms with Crippen LogP contribution in [0.3, 0.4) is 0 Å². The predicted molar refractivity (Wildman–Crippen MR) is 61.9 cm³/mol. The molecule has 0 fully saturated rings. The summed E-state index contributed by atoms with van der Waals surface area (Å²) < 4.78 is 26.2. The summed E-state index contributed by atoms with van der Waals surface area (Å²) in [5, 5.41) is 14.3. The Morgan fingerprint density at radius 3 is 2.88 bits per heavy atom. The predicted octanol–water partition coefficient (Wildman–Crippen LogP) is -0.171. The second-order valence-corrected chi connectivity index (χ2v) is 5.96. The van der Waals surface area contributed by atoms with Crippen LogP contribution in [0.1, 0.15) is 10.6 Å². The lowest BCUT2D eigenvalue weighted by Gasteiger charge is -2.03. The zero-order valence-electron chi connectivity index (χ0n) is 8.84. The summed E-state index contributed by atoms with van der Waals surface area (Å²) in [7, 11) is -3.74. The van der Waals surface area contributed by atoms with Crippen molar-refractivity contribution in [3.8, 4) is 0 Å². The number of aromatic amines is 1. The summed E-state index contributed by atoms with van der Waals surface area (Å²) >= 11 is 1.15. The second kappa shape index (κ2) is 4.39. The van der Waals surface area contributed by atoms with E-state index in [1.54, 1.807) is 6.92 Å². The van der Waals surface area contributed by atoms with Gasteiger partial charge in [-0.2, -0.15) is 13.5 Å². The number of H-pyrrole nitrogens is 1. The Bertz CT molecular complexity index is 616. The fraction of sp³-hybridized carbons (Fsp3) is 0.286. The van der Waals surface area contributed by atoms with Crippen LogP contribution in [0, 0.1) is 6.92 Å². The van der Waals surface area contributed by atoms with Crippen LogP contribution in [0.2, 0.25) is 0 Å². The molecule has 0 aromatic carbocycles. The van der Waals surface area contributed by atoms with Crippen LogP contribution in [0.25, 0.3) is 0 Å². The molecule has 4 N–H and O–H groups in total. The van der Waals surface area contributed by atoms with Gasteiger partial charge in [-0.25, -0.2) is 0 Å². The third-order valence-corrected chi connectivity index (χ3v) is 4.15. The van der Waals surface area contributed by atoms with Crippen molar-refractivity contribution >= 4 is 26.5 Å². The molecule has 0 saturated heterocycles. The number of aryl methyl sites for hydroxylation is 1. The minimum Gasteiger partial charge on any atom is -0.326 e. The number of anilines is 1. The van der Waals surface area contributed by atoms with Crippen LogP contribution in [0.5, 0.6) is 0 Å². The summed E-state index contributed by atoms with van der Waals surface area (Å²) in [6.45, 7) is 1.82. The number of nitrogens with one attached hydrogen (secondary N) is 2. The smallest absolute Gasteiger partial charge is 0.280 e. The van der Waals surface area contributed by atoms with Gasteiger partial charge >= 0.3 is 0 Å². The first-order chi connectivity index (χ1) is 8.03. The summed E-state index contributed by atoms with van der Waals surface area (Å²) in [6.07, 6.45) is 1.37. The fourth-order valence-corrected chi connectivity index (χ4v) is 3.15. The maximum Gasteiger partial charge on any atom is 0.280 e. The highest BCUT2D eigenvalue weighted by atomic mass is 32.2. The molecule has 0 bridgehead atoms.